The number of aliphatic hydroxyl groups is 2. The number of carbonyl (C=O) groups is 3. The average molecular weight is 635 g/mol. The van der Waals surface area contributed by atoms with E-state index in [2.05, 4.69) is 10.3 Å². The zero-order valence-corrected chi connectivity index (χ0v) is 27.1. The Morgan fingerprint density at radius 1 is 0.870 bits per heavy atom. The predicted molar refractivity (Wildman–Crippen MR) is 173 cm³/mol. The number of alkyl carbamates (subject to hydrolysis) is 1. The van der Waals surface area contributed by atoms with Gasteiger partial charge in [-0.1, -0.05) is 80.6 Å². The summed E-state index contributed by atoms with van der Waals surface area (Å²) < 4.78 is 11.0. The topological polar surface area (TPSA) is 164 Å². The Bertz CT molecular complexity index is 1380. The molecular weight excluding hydrogens is 588 g/mol. The minimum absolute atomic E-state index is 0.0396. The Morgan fingerprint density at radius 3 is 1.96 bits per heavy atom. The molecule has 0 aliphatic rings. The summed E-state index contributed by atoms with van der Waals surface area (Å²) in [6.45, 7) is 8.40. The SMILES string of the molecule is CC(C)[C@H](N)C(=O)N(C(=O)OCc1cccnc1)[C@@H](Cc1ccccc1)[C@@H](O)[C@@H](O)[C@H](Cc1ccccc1)NC(=O)OC(C)(C)C. The minimum atomic E-state index is -1.75. The lowest BCUT2D eigenvalue weighted by Crippen LogP contribution is -2.62. The molecule has 1 aromatic heterocycles. The van der Waals surface area contributed by atoms with E-state index in [1.807, 2.05) is 36.4 Å². The average Bonchev–Trinajstić information content (AvgIpc) is 3.02. The number of pyridine rings is 1. The van der Waals surface area contributed by atoms with Crippen LogP contribution in [0, 0.1) is 5.92 Å². The molecule has 1 heterocycles. The number of amides is 3. The Balaban J connectivity index is 2.04. The first kappa shape index (κ1) is 36.2. The molecule has 0 unspecified atom stereocenters. The van der Waals surface area contributed by atoms with Gasteiger partial charge in [-0.05, 0) is 56.7 Å². The van der Waals surface area contributed by atoms with Crippen LogP contribution in [-0.4, -0.2) is 74.1 Å². The lowest BCUT2D eigenvalue weighted by molar-refractivity contribution is -0.139. The van der Waals surface area contributed by atoms with Gasteiger partial charge in [-0.2, -0.15) is 0 Å². The van der Waals surface area contributed by atoms with Gasteiger partial charge in [0.1, 0.15) is 24.4 Å². The number of benzene rings is 2. The number of nitrogens with two attached hydrogens (primary N) is 1. The first-order chi connectivity index (χ1) is 21.8. The third kappa shape index (κ3) is 10.9. The second kappa shape index (κ2) is 16.8. The van der Waals surface area contributed by atoms with Crippen LogP contribution in [0.25, 0.3) is 0 Å². The second-order valence-electron chi connectivity index (χ2n) is 12.6. The van der Waals surface area contributed by atoms with E-state index in [9.17, 15) is 24.6 Å². The third-order valence-corrected chi connectivity index (χ3v) is 7.30. The van der Waals surface area contributed by atoms with E-state index in [0.29, 0.717) is 11.1 Å². The molecule has 5 N–H and O–H groups in total. The van der Waals surface area contributed by atoms with Crippen molar-refractivity contribution in [3.8, 4) is 0 Å². The fourth-order valence-corrected chi connectivity index (χ4v) is 4.80. The van der Waals surface area contributed by atoms with E-state index in [1.54, 1.807) is 77.2 Å². The highest BCUT2D eigenvalue weighted by Crippen LogP contribution is 2.22. The van der Waals surface area contributed by atoms with E-state index in [0.717, 1.165) is 10.5 Å². The van der Waals surface area contributed by atoms with Crippen LogP contribution in [0.2, 0.25) is 0 Å². The Hall–Kier alpha value is -4.32. The Morgan fingerprint density at radius 2 is 1.43 bits per heavy atom. The molecule has 3 rings (SSSR count). The first-order valence-corrected chi connectivity index (χ1v) is 15.3. The maximum absolute atomic E-state index is 13.9. The predicted octanol–water partition coefficient (Wildman–Crippen LogP) is 4.00. The van der Waals surface area contributed by atoms with Gasteiger partial charge in [0.15, 0.2) is 0 Å². The number of imide groups is 1. The van der Waals surface area contributed by atoms with Crippen molar-refractivity contribution in [1.82, 2.24) is 15.2 Å². The highest BCUT2D eigenvalue weighted by Gasteiger charge is 2.43. The third-order valence-electron chi connectivity index (χ3n) is 7.30. The highest BCUT2D eigenvalue weighted by molar-refractivity contribution is 5.95. The molecule has 0 saturated carbocycles. The smallest absolute Gasteiger partial charge is 0.417 e. The van der Waals surface area contributed by atoms with Crippen LogP contribution in [0.15, 0.2) is 85.2 Å². The van der Waals surface area contributed by atoms with Gasteiger partial charge in [0.2, 0.25) is 5.91 Å². The maximum atomic E-state index is 13.9. The zero-order valence-electron chi connectivity index (χ0n) is 27.1. The van der Waals surface area contributed by atoms with Crippen molar-refractivity contribution in [3.05, 3.63) is 102 Å². The molecule has 5 atom stereocenters. The van der Waals surface area contributed by atoms with Crippen molar-refractivity contribution in [3.63, 3.8) is 0 Å². The second-order valence-corrected chi connectivity index (χ2v) is 12.6. The van der Waals surface area contributed by atoms with Crippen LogP contribution >= 0.6 is 0 Å². The molecule has 11 heteroatoms. The van der Waals surface area contributed by atoms with Gasteiger partial charge in [-0.15, -0.1) is 0 Å². The molecule has 0 fully saturated rings. The van der Waals surface area contributed by atoms with E-state index < -0.39 is 54.0 Å². The van der Waals surface area contributed by atoms with Gasteiger partial charge < -0.3 is 30.7 Å². The normalized spacial score (nSPS) is 14.8. The lowest BCUT2D eigenvalue weighted by Gasteiger charge is -2.38. The molecule has 2 aromatic carbocycles. The summed E-state index contributed by atoms with van der Waals surface area (Å²) in [5.41, 5.74) is 7.47. The van der Waals surface area contributed by atoms with Gasteiger partial charge >= 0.3 is 12.2 Å². The van der Waals surface area contributed by atoms with Gasteiger partial charge in [0, 0.05) is 18.0 Å². The molecule has 0 radical (unpaired) electrons. The zero-order chi connectivity index (χ0) is 33.9. The number of nitrogens with one attached hydrogen (secondary N) is 1. The summed E-state index contributed by atoms with van der Waals surface area (Å²) >= 11 is 0. The van der Waals surface area contributed by atoms with E-state index >= 15 is 0 Å². The Labute approximate surface area is 270 Å². The van der Waals surface area contributed by atoms with Crippen LogP contribution in [0.1, 0.15) is 51.3 Å². The summed E-state index contributed by atoms with van der Waals surface area (Å²) in [6, 6.07) is 17.9. The summed E-state index contributed by atoms with van der Waals surface area (Å²) in [5.74, 6) is -1.14. The van der Waals surface area contributed by atoms with Crippen molar-refractivity contribution < 1.29 is 34.1 Å². The van der Waals surface area contributed by atoms with E-state index in [1.165, 1.54) is 6.20 Å². The van der Waals surface area contributed by atoms with Crippen LogP contribution in [0.5, 0.6) is 0 Å². The molecule has 0 bridgehead atoms. The van der Waals surface area contributed by atoms with Crippen molar-refractivity contribution in [1.29, 1.82) is 0 Å². The summed E-state index contributed by atoms with van der Waals surface area (Å²) in [6.07, 6.45) is -2.09. The summed E-state index contributed by atoms with van der Waals surface area (Å²) in [7, 11) is 0. The van der Waals surface area contributed by atoms with Crippen LogP contribution in [-0.2, 0) is 33.7 Å². The standard InChI is InChI=1S/C35H46N4O7/c1-23(2)29(36)32(42)39(34(44)45-22-26-17-12-18-37-21-26)28(20-25-15-10-7-11-16-25)31(41)30(40)27(19-24-13-8-6-9-14-24)38-33(43)46-35(3,4)5/h6-18,21,23,27-31,40-41H,19-20,22,36H2,1-5H3,(H,38,43)/t27-,28-,29-,30-,31+/m0/s1. The molecular formula is C35H46N4O7. The molecule has 3 aromatic rings. The Kier molecular flexibility index (Phi) is 13.2. The molecule has 0 aliphatic heterocycles. The lowest BCUT2D eigenvalue weighted by atomic mass is 9.89. The fourth-order valence-electron chi connectivity index (χ4n) is 4.80. The minimum Gasteiger partial charge on any atom is -0.444 e. The number of aliphatic hydroxyl groups excluding tert-OH is 2. The van der Waals surface area contributed by atoms with Crippen molar-refractivity contribution >= 4 is 18.1 Å². The molecule has 3 amide bonds. The molecule has 11 nitrogen and oxygen atoms in total. The van der Waals surface area contributed by atoms with Gasteiger partial charge in [-0.25, -0.2) is 14.5 Å². The molecule has 248 valence electrons. The summed E-state index contributed by atoms with van der Waals surface area (Å²) in [5, 5.41) is 26.3. The number of hydrogen-bond acceptors (Lipinski definition) is 9. The van der Waals surface area contributed by atoms with Crippen LogP contribution < -0.4 is 11.1 Å². The molecule has 0 aliphatic carbocycles. The fraction of sp³-hybridized carbons (Fsp3) is 0.429. The maximum Gasteiger partial charge on any atom is 0.417 e. The number of rotatable bonds is 13. The number of aromatic nitrogens is 1. The van der Waals surface area contributed by atoms with Crippen molar-refractivity contribution in [2.45, 2.75) is 90.0 Å². The number of ether oxygens (including phenoxy) is 2. The monoisotopic (exact) mass is 634 g/mol. The van der Waals surface area contributed by atoms with Gasteiger partial charge in [0.05, 0.1) is 18.1 Å². The van der Waals surface area contributed by atoms with E-state index in [4.69, 9.17) is 15.2 Å². The van der Waals surface area contributed by atoms with E-state index in [-0.39, 0.29) is 25.4 Å². The number of nitrogens with zero attached hydrogens (tertiary/aromatic N) is 2. The molecule has 46 heavy (non-hydrogen) atoms. The van der Waals surface area contributed by atoms with Crippen molar-refractivity contribution in [2.24, 2.45) is 11.7 Å². The number of carbonyl (C=O) groups excluding carboxylic acids is 3. The molecule has 0 saturated heterocycles. The van der Waals surface area contributed by atoms with Gasteiger partial charge in [-0.3, -0.25) is 9.78 Å². The summed E-state index contributed by atoms with van der Waals surface area (Å²) in [4.78, 5) is 45.4. The largest absolute Gasteiger partial charge is 0.444 e. The number of hydrogen-bond donors (Lipinski definition) is 4. The van der Waals surface area contributed by atoms with Gasteiger partial charge in [0.25, 0.3) is 0 Å². The van der Waals surface area contributed by atoms with Crippen LogP contribution in [0.4, 0.5) is 9.59 Å². The van der Waals surface area contributed by atoms with Crippen molar-refractivity contribution in [2.75, 3.05) is 0 Å². The first-order valence-electron chi connectivity index (χ1n) is 15.3. The quantitative estimate of drug-likeness (QED) is 0.218. The van der Waals surface area contributed by atoms with Crippen LogP contribution in [0.3, 0.4) is 0 Å². The molecule has 0 spiro atoms. The highest BCUT2D eigenvalue weighted by atomic mass is 16.6.